The van der Waals surface area contributed by atoms with E-state index in [1.54, 1.807) is 0 Å². The van der Waals surface area contributed by atoms with Gasteiger partial charge in [-0.2, -0.15) is 0 Å². The van der Waals surface area contributed by atoms with Crippen LogP contribution in [0.25, 0.3) is 17.0 Å². The lowest BCUT2D eigenvalue weighted by Gasteiger charge is -2.45. The Labute approximate surface area is 142 Å². The molecule has 0 saturated heterocycles. The van der Waals surface area contributed by atoms with Crippen LogP contribution in [0, 0.1) is 5.41 Å². The minimum atomic E-state index is -0.365. The number of carbonyl (C=O) groups is 1. The van der Waals surface area contributed by atoms with E-state index >= 15 is 0 Å². The first-order valence-electron chi connectivity index (χ1n) is 8.70. The maximum Gasteiger partial charge on any atom is 0.184 e. The van der Waals surface area contributed by atoms with Gasteiger partial charge in [-0.3, -0.25) is 4.79 Å². The first-order valence-corrected chi connectivity index (χ1v) is 8.70. The van der Waals surface area contributed by atoms with E-state index in [-0.39, 0.29) is 17.3 Å². The Bertz CT molecular complexity index is 886. The molecule has 124 valence electrons. The van der Waals surface area contributed by atoms with Crippen molar-refractivity contribution in [3.05, 3.63) is 52.7 Å². The van der Waals surface area contributed by atoms with Gasteiger partial charge in [0, 0.05) is 33.7 Å². The second-order valence-electron chi connectivity index (χ2n) is 7.39. The molecule has 3 nitrogen and oxygen atoms in total. The average Bonchev–Trinajstić information content (AvgIpc) is 2.98. The fraction of sp³-hybridized carbons (Fsp3) is 0.381. The third-order valence-corrected chi connectivity index (χ3v) is 5.92. The summed E-state index contributed by atoms with van der Waals surface area (Å²) in [6.45, 7) is 4.04. The summed E-state index contributed by atoms with van der Waals surface area (Å²) in [6.07, 6.45) is 6.95. The molecule has 24 heavy (non-hydrogen) atoms. The molecule has 0 radical (unpaired) electrons. The lowest BCUT2D eigenvalue weighted by Crippen LogP contribution is -2.42. The van der Waals surface area contributed by atoms with Crippen molar-refractivity contribution in [3.8, 4) is 0 Å². The van der Waals surface area contributed by atoms with Crippen LogP contribution in [0.5, 0.6) is 0 Å². The third kappa shape index (κ3) is 2.19. The van der Waals surface area contributed by atoms with Gasteiger partial charge in [0.15, 0.2) is 5.78 Å². The van der Waals surface area contributed by atoms with Crippen LogP contribution in [0.15, 0.2) is 47.2 Å². The van der Waals surface area contributed by atoms with Gasteiger partial charge in [0.1, 0.15) is 0 Å². The number of hydrogen-bond donors (Lipinski definition) is 2. The van der Waals surface area contributed by atoms with E-state index in [0.717, 1.165) is 46.9 Å². The summed E-state index contributed by atoms with van der Waals surface area (Å²) in [5, 5.41) is 11.7. The number of aliphatic hydroxyl groups is 1. The highest BCUT2D eigenvalue weighted by Crippen LogP contribution is 2.50. The van der Waals surface area contributed by atoms with Crippen LogP contribution in [0.4, 0.5) is 0 Å². The molecule has 2 atom stereocenters. The van der Waals surface area contributed by atoms with Gasteiger partial charge in [-0.15, -0.1) is 0 Å². The number of aromatic nitrogens is 1. The maximum atomic E-state index is 12.9. The highest BCUT2D eigenvalue weighted by atomic mass is 16.3. The van der Waals surface area contributed by atoms with Crippen molar-refractivity contribution >= 4 is 22.8 Å². The first-order chi connectivity index (χ1) is 11.5. The molecule has 0 spiro atoms. The quantitative estimate of drug-likeness (QED) is 0.765. The van der Waals surface area contributed by atoms with Crippen molar-refractivity contribution in [2.75, 3.05) is 0 Å². The van der Waals surface area contributed by atoms with Gasteiger partial charge < -0.3 is 10.1 Å². The van der Waals surface area contributed by atoms with Crippen molar-refractivity contribution < 1.29 is 9.90 Å². The van der Waals surface area contributed by atoms with Crippen LogP contribution in [-0.4, -0.2) is 22.0 Å². The van der Waals surface area contributed by atoms with E-state index < -0.39 is 0 Å². The van der Waals surface area contributed by atoms with Gasteiger partial charge in [0.05, 0.1) is 6.10 Å². The number of allylic oxidation sites excluding steroid dienone is 2. The second kappa shape index (κ2) is 5.45. The van der Waals surface area contributed by atoms with Gasteiger partial charge >= 0.3 is 0 Å². The molecule has 0 aliphatic heterocycles. The number of benzene rings is 1. The Kier molecular flexibility index (Phi) is 3.50. The zero-order chi connectivity index (χ0) is 16.9. The third-order valence-electron chi connectivity index (χ3n) is 5.92. The van der Waals surface area contributed by atoms with Gasteiger partial charge in [-0.05, 0) is 50.3 Å². The van der Waals surface area contributed by atoms with E-state index in [1.807, 2.05) is 37.4 Å². The van der Waals surface area contributed by atoms with Crippen LogP contribution < -0.4 is 0 Å². The number of aromatic amines is 1. The summed E-state index contributed by atoms with van der Waals surface area (Å²) in [5.74, 6) is 0.141. The molecule has 2 aliphatic rings. The summed E-state index contributed by atoms with van der Waals surface area (Å²) in [4.78, 5) is 16.1. The number of carbonyl (C=O) groups excluding carboxylic acids is 1. The molecule has 2 aliphatic carbocycles. The molecule has 0 unspecified atom stereocenters. The molecule has 2 aromatic rings. The molecule has 3 heteroatoms. The van der Waals surface area contributed by atoms with Crippen molar-refractivity contribution in [1.82, 2.24) is 4.98 Å². The number of ketones is 1. The zero-order valence-corrected chi connectivity index (χ0v) is 14.2. The van der Waals surface area contributed by atoms with Gasteiger partial charge in [-0.25, -0.2) is 0 Å². The van der Waals surface area contributed by atoms with E-state index in [0.29, 0.717) is 6.42 Å². The smallest absolute Gasteiger partial charge is 0.184 e. The van der Waals surface area contributed by atoms with Crippen LogP contribution >= 0.6 is 0 Å². The number of aliphatic hydroxyl groups excluding tert-OH is 1. The average molecular weight is 321 g/mol. The highest BCUT2D eigenvalue weighted by molar-refractivity contribution is 6.13. The molecular formula is C21H23NO2. The molecule has 0 amide bonds. The summed E-state index contributed by atoms with van der Waals surface area (Å²) in [5.41, 5.74) is 4.64. The molecule has 2 N–H and O–H groups in total. The Hall–Kier alpha value is -2.13. The minimum Gasteiger partial charge on any atom is -0.392 e. The van der Waals surface area contributed by atoms with Crippen molar-refractivity contribution in [2.45, 2.75) is 45.6 Å². The first kappa shape index (κ1) is 15.4. The molecule has 1 heterocycles. The number of hydrogen-bond acceptors (Lipinski definition) is 2. The number of fused-ring (bicyclic) bond motifs is 2. The van der Waals surface area contributed by atoms with E-state index in [4.69, 9.17) is 0 Å². The standard InChI is InChI=1S/C21H23NO2/c1-13-17-7-5-9-19(23)21(17,2)11-14(20(13)24)10-15-12-22-18-8-4-3-6-16(15)18/h3-4,6,8,10,12,19,22-23H,5,7,9,11H2,1-2H3/t19-,21-/m0/s1. The van der Waals surface area contributed by atoms with E-state index in [2.05, 4.69) is 18.0 Å². The highest BCUT2D eigenvalue weighted by Gasteiger charge is 2.45. The number of para-hydroxylation sites is 1. The number of Topliss-reactive ketones (excluding diaryl/α,β-unsaturated/α-hetero) is 1. The fourth-order valence-electron chi connectivity index (χ4n) is 4.49. The van der Waals surface area contributed by atoms with Gasteiger partial charge in [-0.1, -0.05) is 30.7 Å². The molecule has 1 fully saturated rings. The Morgan fingerprint density at radius 3 is 2.96 bits per heavy atom. The van der Waals surface area contributed by atoms with Crippen LogP contribution in [0.2, 0.25) is 0 Å². The van der Waals surface area contributed by atoms with E-state index in [1.165, 1.54) is 5.57 Å². The summed E-state index contributed by atoms with van der Waals surface area (Å²) in [6, 6.07) is 8.11. The Balaban J connectivity index is 1.82. The molecule has 1 saturated carbocycles. The normalized spacial score (nSPS) is 29.4. The SMILES string of the molecule is CC1=C2CCC[C@H](O)[C@@]2(C)CC(=Cc2c[nH]c3ccccc23)C1=O. The lowest BCUT2D eigenvalue weighted by molar-refractivity contribution is -0.113. The second-order valence-corrected chi connectivity index (χ2v) is 7.39. The van der Waals surface area contributed by atoms with Crippen LogP contribution in [0.1, 0.15) is 45.1 Å². The lowest BCUT2D eigenvalue weighted by atomic mass is 9.61. The van der Waals surface area contributed by atoms with Crippen molar-refractivity contribution in [3.63, 3.8) is 0 Å². The van der Waals surface area contributed by atoms with Crippen molar-refractivity contribution in [2.24, 2.45) is 5.41 Å². The predicted octanol–water partition coefficient (Wildman–Crippen LogP) is 4.39. The van der Waals surface area contributed by atoms with Gasteiger partial charge in [0.2, 0.25) is 0 Å². The largest absolute Gasteiger partial charge is 0.392 e. The van der Waals surface area contributed by atoms with Crippen LogP contribution in [0.3, 0.4) is 0 Å². The summed E-state index contributed by atoms with van der Waals surface area (Å²) < 4.78 is 0. The minimum absolute atomic E-state index is 0.141. The predicted molar refractivity (Wildman–Crippen MR) is 96.6 cm³/mol. The van der Waals surface area contributed by atoms with Gasteiger partial charge in [0.25, 0.3) is 0 Å². The molecular weight excluding hydrogens is 298 g/mol. The Morgan fingerprint density at radius 1 is 1.33 bits per heavy atom. The fourth-order valence-corrected chi connectivity index (χ4v) is 4.49. The van der Waals surface area contributed by atoms with Crippen LogP contribution in [-0.2, 0) is 4.79 Å². The molecule has 1 aromatic carbocycles. The molecule has 4 rings (SSSR count). The number of H-pyrrole nitrogens is 1. The maximum absolute atomic E-state index is 12.9. The number of rotatable bonds is 1. The van der Waals surface area contributed by atoms with E-state index in [9.17, 15) is 9.90 Å². The topological polar surface area (TPSA) is 53.1 Å². The molecule has 0 bridgehead atoms. The summed E-state index contributed by atoms with van der Waals surface area (Å²) in [7, 11) is 0. The number of nitrogens with one attached hydrogen (secondary N) is 1. The zero-order valence-electron chi connectivity index (χ0n) is 14.2. The Morgan fingerprint density at radius 2 is 2.12 bits per heavy atom. The van der Waals surface area contributed by atoms with Crippen molar-refractivity contribution in [1.29, 1.82) is 0 Å². The molecule has 1 aromatic heterocycles. The summed E-state index contributed by atoms with van der Waals surface area (Å²) >= 11 is 0. The monoisotopic (exact) mass is 321 g/mol.